The predicted molar refractivity (Wildman–Crippen MR) is 93.3 cm³/mol. The normalized spacial score (nSPS) is 10.6. The number of aromatic nitrogens is 4. The number of rotatable bonds is 8. The van der Waals surface area contributed by atoms with Crippen LogP contribution in [-0.2, 0) is 6.54 Å². The van der Waals surface area contributed by atoms with Crippen molar-refractivity contribution in [3.63, 3.8) is 0 Å². The van der Waals surface area contributed by atoms with Crippen molar-refractivity contribution in [3.8, 4) is 0 Å². The number of nitro groups is 1. The summed E-state index contributed by atoms with van der Waals surface area (Å²) in [6.45, 7) is -0.255. The van der Waals surface area contributed by atoms with E-state index in [4.69, 9.17) is 4.52 Å². The third kappa shape index (κ3) is 4.78. The molecular weight excluding hydrogens is 408 g/mol. The zero-order valence-electron chi connectivity index (χ0n) is 15.0. The van der Waals surface area contributed by atoms with Crippen LogP contribution in [0.1, 0.15) is 26.9 Å². The van der Waals surface area contributed by atoms with Crippen molar-refractivity contribution < 1.29 is 27.8 Å². The maximum absolute atomic E-state index is 13.5. The summed E-state index contributed by atoms with van der Waals surface area (Å²) in [5.41, 5.74) is -0.932. The largest absolute Gasteiger partial charge is 0.350 e. The molecule has 0 saturated carbocycles. The number of amides is 2. The molecule has 3 rings (SSSR count). The van der Waals surface area contributed by atoms with E-state index in [0.717, 1.165) is 30.6 Å². The summed E-state index contributed by atoms with van der Waals surface area (Å²) >= 11 is 0. The first kappa shape index (κ1) is 20.5. The summed E-state index contributed by atoms with van der Waals surface area (Å²) in [7, 11) is 0. The van der Waals surface area contributed by atoms with E-state index in [-0.39, 0.29) is 37.0 Å². The Balaban J connectivity index is 1.47. The van der Waals surface area contributed by atoms with Gasteiger partial charge in [-0.2, -0.15) is 10.1 Å². The predicted octanol–water partition coefficient (Wildman–Crippen LogP) is 0.661. The average Bonchev–Trinajstić information content (AvgIpc) is 3.35. The van der Waals surface area contributed by atoms with Gasteiger partial charge in [0.05, 0.1) is 4.92 Å². The molecule has 3 aromatic rings. The van der Waals surface area contributed by atoms with Crippen LogP contribution >= 0.6 is 0 Å². The summed E-state index contributed by atoms with van der Waals surface area (Å²) in [5.74, 6) is -4.03. The molecule has 0 aliphatic rings. The molecule has 0 spiro atoms. The highest BCUT2D eigenvalue weighted by molar-refractivity contribution is 5.94. The molecule has 0 aliphatic heterocycles. The summed E-state index contributed by atoms with van der Waals surface area (Å²) < 4.78 is 33.0. The Hall–Kier alpha value is -4.23. The Morgan fingerprint density at radius 2 is 1.83 bits per heavy atom. The molecule has 1 aromatic carbocycles. The maximum atomic E-state index is 13.5. The van der Waals surface area contributed by atoms with E-state index in [1.54, 1.807) is 0 Å². The molecule has 0 bridgehead atoms. The minimum Gasteiger partial charge on any atom is -0.350 e. The van der Waals surface area contributed by atoms with E-state index in [1.807, 2.05) is 0 Å². The lowest BCUT2D eigenvalue weighted by atomic mass is 10.2. The van der Waals surface area contributed by atoms with Gasteiger partial charge in [0.2, 0.25) is 0 Å². The number of hydrogen-bond acceptors (Lipinski definition) is 8. The van der Waals surface area contributed by atoms with E-state index < -0.39 is 33.9 Å². The molecular formula is C16H13F2N7O5. The fourth-order valence-corrected chi connectivity index (χ4v) is 2.32. The van der Waals surface area contributed by atoms with Crippen LogP contribution in [0.15, 0.2) is 35.1 Å². The first-order chi connectivity index (χ1) is 14.3. The Labute approximate surface area is 166 Å². The van der Waals surface area contributed by atoms with E-state index in [0.29, 0.717) is 0 Å². The number of carbonyl (C=O) groups is 2. The van der Waals surface area contributed by atoms with Gasteiger partial charge in [-0.15, -0.1) is 0 Å². The smallest absolute Gasteiger partial charge is 0.316 e. The van der Waals surface area contributed by atoms with Crippen LogP contribution in [-0.4, -0.2) is 49.7 Å². The summed E-state index contributed by atoms with van der Waals surface area (Å²) in [4.78, 5) is 37.7. The molecule has 0 fully saturated rings. The molecule has 2 N–H and O–H groups in total. The van der Waals surface area contributed by atoms with Crippen LogP contribution in [0.2, 0.25) is 0 Å². The molecule has 0 atom stereocenters. The highest BCUT2D eigenvalue weighted by Gasteiger charge is 2.18. The number of nitrogens with zero attached hydrogens (tertiary/aromatic N) is 5. The second-order valence-electron chi connectivity index (χ2n) is 5.78. The SMILES string of the molecule is O=C(NCCNC(=O)c1c(F)cccc1F)c1nc(Cn2cc([N+](=O)[O-])cn2)no1. The minimum absolute atomic E-state index is 0.0569. The van der Waals surface area contributed by atoms with Crippen LogP contribution in [0.5, 0.6) is 0 Å². The van der Waals surface area contributed by atoms with E-state index in [9.17, 15) is 28.5 Å². The Morgan fingerprint density at radius 1 is 1.17 bits per heavy atom. The second-order valence-corrected chi connectivity index (χ2v) is 5.78. The summed E-state index contributed by atoms with van der Waals surface area (Å²) in [5, 5.41) is 22.6. The van der Waals surface area contributed by atoms with Crippen LogP contribution < -0.4 is 10.6 Å². The van der Waals surface area contributed by atoms with Gasteiger partial charge in [-0.3, -0.25) is 24.4 Å². The monoisotopic (exact) mass is 421 g/mol. The summed E-state index contributed by atoms with van der Waals surface area (Å²) in [6.07, 6.45) is 2.21. The van der Waals surface area contributed by atoms with Crippen molar-refractivity contribution in [1.29, 1.82) is 0 Å². The van der Waals surface area contributed by atoms with Gasteiger partial charge in [0.25, 0.3) is 5.91 Å². The number of halogens is 2. The Bertz CT molecular complexity index is 1080. The lowest BCUT2D eigenvalue weighted by Gasteiger charge is -2.07. The third-order valence-electron chi connectivity index (χ3n) is 3.68. The van der Waals surface area contributed by atoms with Gasteiger partial charge in [0.15, 0.2) is 5.82 Å². The van der Waals surface area contributed by atoms with E-state index in [1.165, 1.54) is 4.68 Å². The van der Waals surface area contributed by atoms with Crippen molar-refractivity contribution in [2.24, 2.45) is 0 Å². The van der Waals surface area contributed by atoms with Crippen LogP contribution in [0.25, 0.3) is 0 Å². The van der Waals surface area contributed by atoms with Gasteiger partial charge in [-0.1, -0.05) is 11.2 Å². The van der Waals surface area contributed by atoms with Gasteiger partial charge in [0.1, 0.15) is 36.1 Å². The highest BCUT2D eigenvalue weighted by atomic mass is 19.1. The zero-order valence-corrected chi connectivity index (χ0v) is 15.0. The summed E-state index contributed by atoms with van der Waals surface area (Å²) in [6, 6.07) is 3.04. The highest BCUT2D eigenvalue weighted by Crippen LogP contribution is 2.11. The topological polar surface area (TPSA) is 158 Å². The van der Waals surface area contributed by atoms with Crippen molar-refractivity contribution in [1.82, 2.24) is 30.6 Å². The van der Waals surface area contributed by atoms with Gasteiger partial charge in [-0.25, -0.2) is 8.78 Å². The number of benzene rings is 1. The number of carbonyl (C=O) groups excluding carboxylic acids is 2. The first-order valence-corrected chi connectivity index (χ1v) is 8.35. The molecule has 12 nitrogen and oxygen atoms in total. The first-order valence-electron chi connectivity index (χ1n) is 8.35. The lowest BCUT2D eigenvalue weighted by molar-refractivity contribution is -0.385. The standard InChI is InChI=1S/C16H13F2N7O5/c17-10-2-1-3-11(18)13(10)14(26)19-4-5-20-15(27)16-22-12(23-30-16)8-24-7-9(6-21-24)25(28)29/h1-3,6-7H,4-5,8H2,(H,19,26)(H,20,27). The van der Waals surface area contributed by atoms with E-state index in [2.05, 4.69) is 25.9 Å². The molecule has 0 aliphatic carbocycles. The van der Waals surface area contributed by atoms with Crippen molar-refractivity contribution in [2.45, 2.75) is 6.54 Å². The molecule has 14 heteroatoms. The lowest BCUT2D eigenvalue weighted by Crippen LogP contribution is -2.35. The molecule has 2 heterocycles. The van der Waals surface area contributed by atoms with E-state index >= 15 is 0 Å². The van der Waals surface area contributed by atoms with Gasteiger partial charge in [-0.05, 0) is 12.1 Å². The third-order valence-corrected chi connectivity index (χ3v) is 3.68. The molecule has 0 radical (unpaired) electrons. The van der Waals surface area contributed by atoms with Crippen LogP contribution in [0.4, 0.5) is 14.5 Å². The Kier molecular flexibility index (Phi) is 6.05. The maximum Gasteiger partial charge on any atom is 0.316 e. The van der Waals surface area contributed by atoms with Crippen LogP contribution in [0, 0.1) is 21.7 Å². The molecule has 0 saturated heterocycles. The van der Waals surface area contributed by atoms with Crippen molar-refractivity contribution >= 4 is 17.5 Å². The number of hydrogen-bond donors (Lipinski definition) is 2. The van der Waals surface area contributed by atoms with Gasteiger partial charge in [0, 0.05) is 13.1 Å². The molecule has 2 amide bonds. The molecule has 156 valence electrons. The van der Waals surface area contributed by atoms with Crippen molar-refractivity contribution in [2.75, 3.05) is 13.1 Å². The average molecular weight is 421 g/mol. The number of nitrogens with one attached hydrogen (secondary N) is 2. The van der Waals surface area contributed by atoms with Gasteiger partial charge < -0.3 is 15.2 Å². The molecule has 2 aromatic heterocycles. The van der Waals surface area contributed by atoms with Gasteiger partial charge >= 0.3 is 17.5 Å². The second kappa shape index (κ2) is 8.85. The van der Waals surface area contributed by atoms with Crippen molar-refractivity contribution in [3.05, 3.63) is 69.6 Å². The fourth-order valence-electron chi connectivity index (χ4n) is 2.32. The fraction of sp³-hybridized carbons (Fsp3) is 0.188. The van der Waals surface area contributed by atoms with Crippen LogP contribution in [0.3, 0.4) is 0 Å². The molecule has 30 heavy (non-hydrogen) atoms. The zero-order chi connectivity index (χ0) is 21.7. The molecule has 0 unspecified atom stereocenters. The minimum atomic E-state index is -1.00. The quantitative estimate of drug-likeness (QED) is 0.305. The Morgan fingerprint density at radius 3 is 2.47 bits per heavy atom.